The molecule has 2 rings (SSSR count). The van der Waals surface area contributed by atoms with E-state index >= 15 is 0 Å². The zero-order valence-corrected chi connectivity index (χ0v) is 16.9. The Bertz CT molecular complexity index is 814. The van der Waals surface area contributed by atoms with Gasteiger partial charge in [0.25, 0.3) is 5.91 Å². The molecular weight excluding hydrogens is 368 g/mol. The highest BCUT2D eigenvalue weighted by molar-refractivity contribution is 7.89. The summed E-state index contributed by atoms with van der Waals surface area (Å²) in [7, 11) is -3.96. The zero-order chi connectivity index (χ0) is 20.2. The van der Waals surface area contributed by atoms with Crippen molar-refractivity contribution in [2.45, 2.75) is 63.9 Å². The van der Waals surface area contributed by atoms with Crippen LogP contribution in [0.1, 0.15) is 60.5 Å². The van der Waals surface area contributed by atoms with Crippen molar-refractivity contribution in [1.29, 1.82) is 0 Å². The first-order valence-electron chi connectivity index (χ1n) is 9.22. The number of hydrogen-bond donors (Lipinski definition) is 2. The Kier molecular flexibility index (Phi) is 7.00. The van der Waals surface area contributed by atoms with Gasteiger partial charge in [-0.05, 0) is 62.8 Å². The number of amides is 1. The minimum absolute atomic E-state index is 0.0501. The van der Waals surface area contributed by atoms with Crippen LogP contribution in [0.3, 0.4) is 0 Å². The second kappa shape index (κ2) is 8.84. The van der Waals surface area contributed by atoms with E-state index in [0.717, 1.165) is 12.8 Å². The molecule has 1 aromatic rings. The second-order valence-electron chi connectivity index (χ2n) is 7.26. The van der Waals surface area contributed by atoms with Crippen LogP contribution in [0.5, 0.6) is 0 Å². The summed E-state index contributed by atoms with van der Waals surface area (Å²) in [5.74, 6) is -0.643. The monoisotopic (exact) mass is 396 g/mol. The van der Waals surface area contributed by atoms with Crippen LogP contribution in [0.25, 0.3) is 0 Å². The van der Waals surface area contributed by atoms with E-state index in [-0.39, 0.29) is 16.4 Å². The highest BCUT2D eigenvalue weighted by atomic mass is 32.2. The molecule has 0 radical (unpaired) electrons. The van der Waals surface area contributed by atoms with E-state index < -0.39 is 22.1 Å². The van der Waals surface area contributed by atoms with Gasteiger partial charge in [0.15, 0.2) is 6.10 Å². The summed E-state index contributed by atoms with van der Waals surface area (Å²) >= 11 is 0. The molecule has 0 spiro atoms. The largest absolute Gasteiger partial charge is 0.449 e. The summed E-state index contributed by atoms with van der Waals surface area (Å²) < 4.78 is 28.6. The van der Waals surface area contributed by atoms with Crippen molar-refractivity contribution in [2.75, 3.05) is 6.54 Å². The molecule has 3 N–H and O–H groups in total. The Labute approximate surface area is 160 Å². The van der Waals surface area contributed by atoms with E-state index in [1.807, 2.05) is 0 Å². The van der Waals surface area contributed by atoms with Crippen molar-refractivity contribution in [3.05, 3.63) is 28.8 Å². The Morgan fingerprint density at radius 1 is 1.22 bits per heavy atom. The van der Waals surface area contributed by atoms with Crippen molar-refractivity contribution >= 4 is 21.9 Å². The van der Waals surface area contributed by atoms with Crippen LogP contribution in [0.2, 0.25) is 0 Å². The summed E-state index contributed by atoms with van der Waals surface area (Å²) in [5.41, 5.74) is 1.13. The first-order chi connectivity index (χ1) is 12.6. The number of primary sulfonamides is 1. The number of carbonyl (C=O) groups excluding carboxylic acids is 2. The van der Waals surface area contributed by atoms with Gasteiger partial charge in [-0.25, -0.2) is 18.4 Å². The fraction of sp³-hybridized carbons (Fsp3) is 0.579. The lowest BCUT2D eigenvalue weighted by Gasteiger charge is -2.22. The highest BCUT2D eigenvalue weighted by Gasteiger charge is 2.23. The molecule has 27 heavy (non-hydrogen) atoms. The van der Waals surface area contributed by atoms with Gasteiger partial charge in [-0.2, -0.15) is 0 Å². The van der Waals surface area contributed by atoms with Gasteiger partial charge in [-0.15, -0.1) is 0 Å². The summed E-state index contributed by atoms with van der Waals surface area (Å²) in [6.07, 6.45) is 4.85. The molecule has 0 bridgehead atoms. The molecule has 0 heterocycles. The maximum atomic E-state index is 12.4. The van der Waals surface area contributed by atoms with Gasteiger partial charge in [-0.1, -0.05) is 19.3 Å². The molecule has 1 saturated carbocycles. The maximum absolute atomic E-state index is 12.4. The fourth-order valence-corrected chi connectivity index (χ4v) is 4.18. The van der Waals surface area contributed by atoms with E-state index in [2.05, 4.69) is 5.32 Å². The number of aryl methyl sites for hydroxylation is 1. The average Bonchev–Trinajstić information content (AvgIpc) is 2.61. The predicted octanol–water partition coefficient (Wildman–Crippen LogP) is 2.19. The zero-order valence-electron chi connectivity index (χ0n) is 16.1. The van der Waals surface area contributed by atoms with Crippen LogP contribution < -0.4 is 10.5 Å². The molecule has 0 saturated heterocycles. The van der Waals surface area contributed by atoms with Gasteiger partial charge in [0.05, 0.1) is 10.5 Å². The average molecular weight is 397 g/mol. The molecule has 7 nitrogen and oxygen atoms in total. The van der Waals surface area contributed by atoms with Gasteiger partial charge >= 0.3 is 5.97 Å². The summed E-state index contributed by atoms with van der Waals surface area (Å²) in [6, 6.07) is 2.71. The number of nitrogens with two attached hydrogens (primary N) is 1. The Morgan fingerprint density at radius 2 is 1.85 bits per heavy atom. The summed E-state index contributed by atoms with van der Waals surface area (Å²) in [6.45, 7) is 5.38. The van der Waals surface area contributed by atoms with Gasteiger partial charge in [0, 0.05) is 6.54 Å². The first-order valence-corrected chi connectivity index (χ1v) is 10.8. The standard InChI is InChI=1S/C19H28N2O5S/c1-12-9-16(10-17(13(12)2)27(20,24)25)19(23)26-14(3)18(22)21-11-15-7-5-4-6-8-15/h9-10,14-15H,4-8,11H2,1-3H3,(H,21,22)(H2,20,24,25)/t14-/m1/s1. The third-order valence-electron chi connectivity index (χ3n) is 5.10. The lowest BCUT2D eigenvalue weighted by atomic mass is 9.89. The smallest absolute Gasteiger partial charge is 0.338 e. The maximum Gasteiger partial charge on any atom is 0.338 e. The molecule has 1 aliphatic rings. The topological polar surface area (TPSA) is 116 Å². The normalized spacial score (nSPS) is 16.6. The van der Waals surface area contributed by atoms with Gasteiger partial charge in [-0.3, -0.25) is 4.79 Å². The predicted molar refractivity (Wildman–Crippen MR) is 102 cm³/mol. The van der Waals surface area contributed by atoms with Crippen LogP contribution >= 0.6 is 0 Å². The number of nitrogens with one attached hydrogen (secondary N) is 1. The van der Waals surface area contributed by atoms with E-state index in [0.29, 0.717) is 23.6 Å². The third-order valence-corrected chi connectivity index (χ3v) is 6.14. The van der Waals surface area contributed by atoms with Gasteiger partial charge in [0.1, 0.15) is 0 Å². The Balaban J connectivity index is 2.01. The molecule has 8 heteroatoms. The molecule has 1 aromatic carbocycles. The second-order valence-corrected chi connectivity index (χ2v) is 8.79. The minimum atomic E-state index is -3.96. The van der Waals surface area contributed by atoms with E-state index in [9.17, 15) is 18.0 Å². The van der Waals surface area contributed by atoms with Gasteiger partial charge < -0.3 is 10.1 Å². The summed E-state index contributed by atoms with van der Waals surface area (Å²) in [4.78, 5) is 24.4. The van der Waals surface area contributed by atoms with Crippen molar-refractivity contribution in [2.24, 2.45) is 11.1 Å². The Hall–Kier alpha value is -1.93. The van der Waals surface area contributed by atoms with Crippen molar-refractivity contribution in [3.8, 4) is 0 Å². The molecular formula is C19H28N2O5S. The minimum Gasteiger partial charge on any atom is -0.449 e. The van der Waals surface area contributed by atoms with Crippen LogP contribution in [0.4, 0.5) is 0 Å². The van der Waals surface area contributed by atoms with E-state index in [1.54, 1.807) is 13.8 Å². The molecule has 1 aliphatic carbocycles. The van der Waals surface area contributed by atoms with Crippen molar-refractivity contribution < 1.29 is 22.7 Å². The number of sulfonamides is 1. The lowest BCUT2D eigenvalue weighted by molar-refractivity contribution is -0.129. The van der Waals surface area contributed by atoms with Crippen molar-refractivity contribution in [1.82, 2.24) is 5.32 Å². The molecule has 1 fully saturated rings. The van der Waals surface area contributed by atoms with E-state index in [4.69, 9.17) is 9.88 Å². The molecule has 1 amide bonds. The lowest BCUT2D eigenvalue weighted by Crippen LogP contribution is -2.38. The number of hydrogen-bond acceptors (Lipinski definition) is 5. The number of carbonyl (C=O) groups is 2. The molecule has 150 valence electrons. The SMILES string of the molecule is Cc1cc(C(=O)O[C@H](C)C(=O)NCC2CCCCC2)cc(S(N)(=O)=O)c1C. The van der Waals surface area contributed by atoms with Crippen LogP contribution in [0, 0.1) is 19.8 Å². The number of esters is 1. The van der Waals surface area contributed by atoms with Crippen molar-refractivity contribution in [3.63, 3.8) is 0 Å². The van der Waals surface area contributed by atoms with Gasteiger partial charge in [0.2, 0.25) is 10.0 Å². The fourth-order valence-electron chi connectivity index (χ4n) is 3.30. The quantitative estimate of drug-likeness (QED) is 0.715. The Morgan fingerprint density at radius 3 is 2.44 bits per heavy atom. The molecule has 1 atom stereocenters. The van der Waals surface area contributed by atoms with E-state index in [1.165, 1.54) is 38.3 Å². The first kappa shape index (κ1) is 21.4. The summed E-state index contributed by atoms with van der Waals surface area (Å²) in [5, 5.41) is 8.04. The number of ether oxygens (including phenoxy) is 1. The number of benzene rings is 1. The van der Waals surface area contributed by atoms with Crippen LogP contribution in [-0.4, -0.2) is 32.9 Å². The number of rotatable bonds is 6. The van der Waals surface area contributed by atoms with Crippen LogP contribution in [0.15, 0.2) is 17.0 Å². The third kappa shape index (κ3) is 5.77. The highest BCUT2D eigenvalue weighted by Crippen LogP contribution is 2.23. The van der Waals surface area contributed by atoms with Crippen LogP contribution in [-0.2, 0) is 19.6 Å². The molecule has 0 aromatic heterocycles. The molecule has 0 unspecified atom stereocenters. The molecule has 0 aliphatic heterocycles.